The number of hydrogen-bond donors (Lipinski definition) is 0. The molecule has 0 aromatic carbocycles. The fraction of sp³-hybridized carbons (Fsp3) is 1.00. The second kappa shape index (κ2) is 29.3. The Morgan fingerprint density at radius 2 is 0.605 bits per heavy atom. The fourth-order valence-electron chi connectivity index (χ4n) is 7.01. The maximum Gasteiger partial charge on any atom is 0.0591 e. The molecule has 0 fully saturated rings. The van der Waals surface area contributed by atoms with Crippen molar-refractivity contribution >= 4 is 0 Å². The minimum absolute atomic E-state index is 0.402. The van der Waals surface area contributed by atoms with Crippen LogP contribution in [0.5, 0.6) is 0 Å². The van der Waals surface area contributed by atoms with Gasteiger partial charge in [0.2, 0.25) is 0 Å². The van der Waals surface area contributed by atoms with Crippen LogP contribution in [0.1, 0.15) is 210 Å². The molecule has 0 aliphatic rings. The molecule has 260 valence electrons. The quantitative estimate of drug-likeness (QED) is 0.0706. The van der Waals surface area contributed by atoms with Gasteiger partial charge >= 0.3 is 0 Å². The molecule has 0 bridgehead atoms. The monoisotopic (exact) mass is 609 g/mol. The maximum absolute atomic E-state index is 7.16. The third-order valence-corrected chi connectivity index (χ3v) is 9.72. The van der Waals surface area contributed by atoms with E-state index in [0.717, 1.165) is 13.1 Å². The molecule has 0 saturated heterocycles. The van der Waals surface area contributed by atoms with Crippen LogP contribution >= 0.6 is 0 Å². The standard InChI is InChI=1S/C40H84N2O/c1-11-13-15-17-19-21-23-25-27-29-39(31-33-41(35(3)4)36(5)6)43-40(32-34-42(37(7)8)38(9)10)30-28-26-24-22-20-18-16-14-12-2/h35-40H,11-34H2,1-10H3. The first-order valence-electron chi connectivity index (χ1n) is 19.8. The summed E-state index contributed by atoms with van der Waals surface area (Å²) in [6, 6.07) is 2.38. The highest BCUT2D eigenvalue weighted by Crippen LogP contribution is 2.22. The van der Waals surface area contributed by atoms with E-state index in [-0.39, 0.29) is 0 Å². The van der Waals surface area contributed by atoms with Gasteiger partial charge in [0.15, 0.2) is 0 Å². The van der Waals surface area contributed by atoms with E-state index in [2.05, 4.69) is 79.0 Å². The van der Waals surface area contributed by atoms with Gasteiger partial charge in [-0.3, -0.25) is 9.80 Å². The number of ether oxygens (including phenoxy) is 1. The predicted octanol–water partition coefficient (Wildman–Crippen LogP) is 12.6. The van der Waals surface area contributed by atoms with Crippen LogP contribution in [0.2, 0.25) is 0 Å². The Balaban J connectivity index is 5.12. The van der Waals surface area contributed by atoms with Gasteiger partial charge in [-0.15, -0.1) is 0 Å². The molecule has 0 N–H and O–H groups in total. The summed E-state index contributed by atoms with van der Waals surface area (Å²) < 4.78 is 7.16. The van der Waals surface area contributed by atoms with Gasteiger partial charge in [-0.1, -0.05) is 129 Å². The molecule has 0 aliphatic heterocycles. The third-order valence-electron chi connectivity index (χ3n) is 9.72. The van der Waals surface area contributed by atoms with Crippen molar-refractivity contribution in [1.29, 1.82) is 0 Å². The highest BCUT2D eigenvalue weighted by Gasteiger charge is 2.22. The minimum Gasteiger partial charge on any atom is -0.375 e. The van der Waals surface area contributed by atoms with Crippen molar-refractivity contribution in [2.75, 3.05) is 13.1 Å². The molecule has 0 aromatic rings. The van der Waals surface area contributed by atoms with Crippen LogP contribution in [0.4, 0.5) is 0 Å². The highest BCUT2D eigenvalue weighted by molar-refractivity contribution is 4.74. The van der Waals surface area contributed by atoms with Crippen LogP contribution in [-0.2, 0) is 4.74 Å². The van der Waals surface area contributed by atoms with Crippen LogP contribution in [-0.4, -0.2) is 59.3 Å². The predicted molar refractivity (Wildman–Crippen MR) is 196 cm³/mol. The van der Waals surface area contributed by atoms with Crippen LogP contribution in [0.15, 0.2) is 0 Å². The van der Waals surface area contributed by atoms with Crippen molar-refractivity contribution in [3.05, 3.63) is 0 Å². The van der Waals surface area contributed by atoms with E-state index in [1.807, 2.05) is 0 Å². The van der Waals surface area contributed by atoms with Gasteiger partial charge in [0, 0.05) is 37.3 Å². The lowest BCUT2D eigenvalue weighted by molar-refractivity contribution is -0.0416. The summed E-state index contributed by atoms with van der Waals surface area (Å²) in [5, 5.41) is 0. The third kappa shape index (κ3) is 24.7. The smallest absolute Gasteiger partial charge is 0.0591 e. The Morgan fingerprint density at radius 3 is 0.860 bits per heavy atom. The molecule has 0 radical (unpaired) electrons. The number of hydrogen-bond acceptors (Lipinski definition) is 3. The zero-order chi connectivity index (χ0) is 32.3. The molecule has 2 unspecified atom stereocenters. The summed E-state index contributed by atoms with van der Waals surface area (Å²) in [6.45, 7) is 25.8. The Labute approximate surface area is 274 Å². The average molecular weight is 609 g/mol. The topological polar surface area (TPSA) is 15.7 Å². The van der Waals surface area contributed by atoms with E-state index >= 15 is 0 Å². The molecule has 0 aliphatic carbocycles. The highest BCUT2D eigenvalue weighted by atomic mass is 16.5. The van der Waals surface area contributed by atoms with E-state index in [1.165, 1.54) is 141 Å². The van der Waals surface area contributed by atoms with E-state index in [4.69, 9.17) is 4.74 Å². The summed E-state index contributed by atoms with van der Waals surface area (Å²) >= 11 is 0. The van der Waals surface area contributed by atoms with Gasteiger partial charge in [-0.2, -0.15) is 0 Å². The van der Waals surface area contributed by atoms with Gasteiger partial charge in [0.1, 0.15) is 0 Å². The van der Waals surface area contributed by atoms with Gasteiger partial charge in [-0.25, -0.2) is 0 Å². The lowest BCUT2D eigenvalue weighted by Crippen LogP contribution is -2.40. The van der Waals surface area contributed by atoms with Gasteiger partial charge < -0.3 is 4.74 Å². The van der Waals surface area contributed by atoms with Crippen LogP contribution < -0.4 is 0 Å². The summed E-state index contributed by atoms with van der Waals surface area (Å²) in [7, 11) is 0. The molecule has 0 saturated carbocycles. The van der Waals surface area contributed by atoms with Crippen LogP contribution in [0, 0.1) is 0 Å². The first-order valence-corrected chi connectivity index (χ1v) is 19.8. The summed E-state index contributed by atoms with van der Waals surface area (Å²) in [6.07, 6.45) is 30.8. The van der Waals surface area contributed by atoms with E-state index in [0.29, 0.717) is 36.4 Å². The van der Waals surface area contributed by atoms with E-state index in [1.54, 1.807) is 0 Å². The molecule has 0 spiro atoms. The molecule has 0 aromatic heterocycles. The van der Waals surface area contributed by atoms with Crippen molar-refractivity contribution in [2.24, 2.45) is 0 Å². The van der Waals surface area contributed by atoms with Crippen molar-refractivity contribution in [1.82, 2.24) is 9.80 Å². The zero-order valence-electron chi connectivity index (χ0n) is 31.7. The van der Waals surface area contributed by atoms with Crippen molar-refractivity contribution in [2.45, 2.75) is 247 Å². The van der Waals surface area contributed by atoms with Gasteiger partial charge in [0.05, 0.1) is 12.2 Å². The first kappa shape index (κ1) is 42.9. The molecule has 3 nitrogen and oxygen atoms in total. The number of nitrogens with zero attached hydrogens (tertiary/aromatic N) is 2. The lowest BCUT2D eigenvalue weighted by Gasteiger charge is -2.34. The molecule has 0 heterocycles. The molecule has 2 atom stereocenters. The average Bonchev–Trinajstić information content (AvgIpc) is 2.94. The van der Waals surface area contributed by atoms with E-state index < -0.39 is 0 Å². The molecular formula is C40H84N2O. The zero-order valence-corrected chi connectivity index (χ0v) is 31.7. The molecule has 0 amide bonds. The Bertz CT molecular complexity index is 497. The second-order valence-corrected chi connectivity index (χ2v) is 15.0. The fourth-order valence-corrected chi connectivity index (χ4v) is 7.01. The normalized spacial score (nSPS) is 14.0. The van der Waals surface area contributed by atoms with Crippen molar-refractivity contribution < 1.29 is 4.74 Å². The van der Waals surface area contributed by atoms with Gasteiger partial charge in [-0.05, 0) is 81.1 Å². The summed E-state index contributed by atoms with van der Waals surface area (Å²) in [5.41, 5.74) is 0. The molecule has 43 heavy (non-hydrogen) atoms. The van der Waals surface area contributed by atoms with E-state index in [9.17, 15) is 0 Å². The number of rotatable bonds is 32. The molecule has 3 heteroatoms. The van der Waals surface area contributed by atoms with Crippen LogP contribution in [0.3, 0.4) is 0 Å². The maximum atomic E-state index is 7.16. The van der Waals surface area contributed by atoms with Crippen LogP contribution in [0.25, 0.3) is 0 Å². The summed E-state index contributed by atoms with van der Waals surface area (Å²) in [5.74, 6) is 0. The lowest BCUT2D eigenvalue weighted by atomic mass is 10.0. The van der Waals surface area contributed by atoms with Crippen molar-refractivity contribution in [3.63, 3.8) is 0 Å². The first-order chi connectivity index (χ1) is 20.6. The number of unbranched alkanes of at least 4 members (excludes halogenated alkanes) is 16. The Hall–Kier alpha value is -0.120. The SMILES string of the molecule is CCCCCCCCCCCC(CCN(C(C)C)C(C)C)OC(CCCCCCCCCCC)CCN(C(C)C)C(C)C. The summed E-state index contributed by atoms with van der Waals surface area (Å²) in [4.78, 5) is 5.34. The Kier molecular flexibility index (Phi) is 29.2. The largest absolute Gasteiger partial charge is 0.375 e. The van der Waals surface area contributed by atoms with Gasteiger partial charge in [0.25, 0.3) is 0 Å². The Morgan fingerprint density at radius 1 is 0.349 bits per heavy atom. The second-order valence-electron chi connectivity index (χ2n) is 15.0. The molecular weight excluding hydrogens is 524 g/mol. The van der Waals surface area contributed by atoms with Crippen molar-refractivity contribution in [3.8, 4) is 0 Å². The molecule has 0 rings (SSSR count). The minimum atomic E-state index is 0.402.